The Morgan fingerprint density at radius 3 is 2.70 bits per heavy atom. The summed E-state index contributed by atoms with van der Waals surface area (Å²) in [7, 11) is 3.24. The second kappa shape index (κ2) is 11.1. The lowest BCUT2D eigenvalue weighted by atomic mass is 9.93. The molecular formula is C25H31ClN4O3. The first-order valence-electron chi connectivity index (χ1n) is 11.0. The van der Waals surface area contributed by atoms with Crippen molar-refractivity contribution < 1.29 is 14.3 Å². The van der Waals surface area contributed by atoms with Crippen LogP contribution in [0.15, 0.2) is 54.7 Å². The number of methoxy groups -OCH3 is 2. The van der Waals surface area contributed by atoms with E-state index in [0.717, 1.165) is 42.7 Å². The van der Waals surface area contributed by atoms with Crippen molar-refractivity contribution in [1.82, 2.24) is 20.4 Å². The molecule has 0 saturated carbocycles. The van der Waals surface area contributed by atoms with Crippen LogP contribution >= 0.6 is 12.4 Å². The molecule has 0 saturated heterocycles. The second-order valence-electron chi connectivity index (χ2n) is 8.08. The number of carbonyl (C=O) groups excluding carboxylic acids is 1. The molecule has 33 heavy (non-hydrogen) atoms. The number of ether oxygens (including phenoxy) is 2. The predicted octanol–water partition coefficient (Wildman–Crippen LogP) is 4.81. The van der Waals surface area contributed by atoms with Gasteiger partial charge in [-0.3, -0.25) is 4.68 Å². The summed E-state index contributed by atoms with van der Waals surface area (Å²) in [5.41, 5.74) is 4.39. The first-order chi connectivity index (χ1) is 15.6. The second-order valence-corrected chi connectivity index (χ2v) is 8.08. The van der Waals surface area contributed by atoms with Crippen molar-refractivity contribution in [3.8, 4) is 11.5 Å². The maximum absolute atomic E-state index is 12.8. The van der Waals surface area contributed by atoms with Crippen molar-refractivity contribution in [2.75, 3.05) is 14.2 Å². The van der Waals surface area contributed by atoms with E-state index in [1.807, 2.05) is 49.5 Å². The van der Waals surface area contributed by atoms with Crippen molar-refractivity contribution in [3.05, 3.63) is 77.1 Å². The fourth-order valence-corrected chi connectivity index (χ4v) is 4.31. The van der Waals surface area contributed by atoms with Crippen LogP contribution in [0.5, 0.6) is 11.5 Å². The van der Waals surface area contributed by atoms with Gasteiger partial charge >= 0.3 is 6.03 Å². The maximum Gasteiger partial charge on any atom is 0.315 e. The minimum Gasteiger partial charge on any atom is -0.497 e. The van der Waals surface area contributed by atoms with Crippen LogP contribution in [0.25, 0.3) is 0 Å². The fourth-order valence-electron chi connectivity index (χ4n) is 4.31. The minimum atomic E-state index is -0.246. The van der Waals surface area contributed by atoms with Crippen LogP contribution in [0.3, 0.4) is 0 Å². The summed E-state index contributed by atoms with van der Waals surface area (Å²) in [6.07, 6.45) is 4.78. The Kier molecular flexibility index (Phi) is 8.22. The monoisotopic (exact) mass is 470 g/mol. The normalized spacial score (nSPS) is 15.5. The number of hydrogen-bond donors (Lipinski definition) is 2. The van der Waals surface area contributed by atoms with Gasteiger partial charge in [0.05, 0.1) is 39.0 Å². The van der Waals surface area contributed by atoms with Gasteiger partial charge in [-0.25, -0.2) is 4.79 Å². The third kappa shape index (κ3) is 5.60. The van der Waals surface area contributed by atoms with Crippen LogP contribution < -0.4 is 20.1 Å². The Labute approximate surface area is 200 Å². The third-order valence-electron chi connectivity index (χ3n) is 5.99. The average Bonchev–Trinajstić information content (AvgIpc) is 3.23. The van der Waals surface area contributed by atoms with E-state index in [1.165, 1.54) is 11.3 Å². The van der Waals surface area contributed by atoms with Crippen molar-refractivity contribution in [2.24, 2.45) is 0 Å². The van der Waals surface area contributed by atoms with Gasteiger partial charge in [-0.05, 0) is 49.9 Å². The van der Waals surface area contributed by atoms with Crippen LogP contribution in [0.1, 0.15) is 54.2 Å². The van der Waals surface area contributed by atoms with Gasteiger partial charge in [-0.1, -0.05) is 30.3 Å². The van der Waals surface area contributed by atoms with Crippen molar-refractivity contribution in [3.63, 3.8) is 0 Å². The number of hydrogen-bond acceptors (Lipinski definition) is 4. The molecule has 0 radical (unpaired) electrons. The number of fused-ring (bicyclic) bond motifs is 1. The number of rotatable bonds is 7. The molecule has 2 aromatic carbocycles. The molecule has 0 aliphatic heterocycles. The summed E-state index contributed by atoms with van der Waals surface area (Å²) in [6, 6.07) is 15.4. The Morgan fingerprint density at radius 1 is 1.18 bits per heavy atom. The third-order valence-corrected chi connectivity index (χ3v) is 5.99. The Bertz CT molecular complexity index is 1070. The molecule has 0 bridgehead atoms. The van der Waals surface area contributed by atoms with Crippen LogP contribution in [0.4, 0.5) is 4.79 Å². The molecule has 0 fully saturated rings. The molecule has 2 N–H and O–H groups in total. The van der Waals surface area contributed by atoms with Crippen molar-refractivity contribution in [1.29, 1.82) is 0 Å². The summed E-state index contributed by atoms with van der Waals surface area (Å²) in [4.78, 5) is 12.8. The van der Waals surface area contributed by atoms with E-state index in [9.17, 15) is 4.79 Å². The van der Waals surface area contributed by atoms with Gasteiger partial charge < -0.3 is 20.1 Å². The van der Waals surface area contributed by atoms with E-state index >= 15 is 0 Å². The number of nitrogens with zero attached hydrogens (tertiary/aromatic N) is 2. The van der Waals surface area contributed by atoms with Gasteiger partial charge in [0.15, 0.2) is 0 Å². The quantitative estimate of drug-likeness (QED) is 0.519. The molecule has 4 rings (SSSR count). The van der Waals surface area contributed by atoms with Crippen LogP contribution in [-0.4, -0.2) is 30.0 Å². The van der Waals surface area contributed by atoms with Gasteiger partial charge in [-0.2, -0.15) is 5.10 Å². The summed E-state index contributed by atoms with van der Waals surface area (Å²) in [6.45, 7) is 2.67. The van der Waals surface area contributed by atoms with Crippen LogP contribution in [0, 0.1) is 0 Å². The summed E-state index contributed by atoms with van der Waals surface area (Å²) >= 11 is 0. The number of nitrogens with one attached hydrogen (secondary N) is 2. The van der Waals surface area contributed by atoms with Crippen molar-refractivity contribution in [2.45, 2.75) is 44.8 Å². The highest BCUT2D eigenvalue weighted by Gasteiger charge is 2.26. The number of amides is 2. The van der Waals surface area contributed by atoms with Crippen LogP contribution in [0.2, 0.25) is 0 Å². The van der Waals surface area contributed by atoms with E-state index in [-0.39, 0.29) is 30.5 Å². The van der Waals surface area contributed by atoms with Gasteiger partial charge in [0.1, 0.15) is 11.5 Å². The zero-order valence-corrected chi connectivity index (χ0v) is 20.0. The molecule has 1 aliphatic rings. The van der Waals surface area contributed by atoms with Gasteiger partial charge in [-0.15, -0.1) is 12.4 Å². The minimum absolute atomic E-state index is 0. The number of benzene rings is 2. The number of aromatic nitrogens is 2. The fraction of sp³-hybridized carbons (Fsp3) is 0.360. The molecule has 176 valence electrons. The smallest absolute Gasteiger partial charge is 0.315 e. The highest BCUT2D eigenvalue weighted by atomic mass is 35.5. The molecule has 1 aliphatic carbocycles. The van der Waals surface area contributed by atoms with Gasteiger partial charge in [0, 0.05) is 16.8 Å². The zero-order chi connectivity index (χ0) is 22.5. The summed E-state index contributed by atoms with van der Waals surface area (Å²) < 4.78 is 12.8. The lowest BCUT2D eigenvalue weighted by molar-refractivity contribution is 0.232. The Hall–Kier alpha value is -3.19. The maximum atomic E-state index is 12.8. The highest BCUT2D eigenvalue weighted by molar-refractivity contribution is 5.85. The summed E-state index contributed by atoms with van der Waals surface area (Å²) in [5.74, 6) is 1.43. The SMILES string of the molecule is COc1ccc(OC)c(C(C)NC(=O)NC2CCCc3c2cnn3Cc2ccccc2)c1.Cl. The van der Waals surface area contributed by atoms with Gasteiger partial charge in [0.25, 0.3) is 0 Å². The van der Waals surface area contributed by atoms with E-state index < -0.39 is 0 Å². The zero-order valence-electron chi connectivity index (χ0n) is 19.2. The first kappa shape index (κ1) is 24.5. The Morgan fingerprint density at radius 2 is 1.97 bits per heavy atom. The van der Waals surface area contributed by atoms with Crippen LogP contribution in [-0.2, 0) is 13.0 Å². The average molecular weight is 471 g/mol. The number of halogens is 1. The topological polar surface area (TPSA) is 77.4 Å². The molecular weight excluding hydrogens is 440 g/mol. The molecule has 3 aromatic rings. The summed E-state index contributed by atoms with van der Waals surface area (Å²) in [5, 5.41) is 10.8. The lowest BCUT2D eigenvalue weighted by Gasteiger charge is -2.26. The predicted molar refractivity (Wildman–Crippen MR) is 130 cm³/mol. The van der Waals surface area contributed by atoms with E-state index in [2.05, 4.69) is 32.5 Å². The van der Waals surface area contributed by atoms with E-state index in [1.54, 1.807) is 14.2 Å². The standard InChI is InChI=1S/C25H30N4O3.ClH/c1-17(20-14-19(31-2)12-13-24(20)32-3)27-25(30)28-22-10-7-11-23-21(22)15-26-29(23)16-18-8-5-4-6-9-18;/h4-6,8-9,12-15,17,22H,7,10-11,16H2,1-3H3,(H2,27,28,30);1H. The number of carbonyl (C=O) groups is 1. The van der Waals surface area contributed by atoms with Gasteiger partial charge in [0.2, 0.25) is 0 Å². The van der Waals surface area contributed by atoms with Crippen molar-refractivity contribution >= 4 is 18.4 Å². The number of urea groups is 1. The molecule has 2 unspecified atom stereocenters. The molecule has 2 amide bonds. The molecule has 1 aromatic heterocycles. The molecule has 8 heteroatoms. The largest absolute Gasteiger partial charge is 0.497 e. The Balaban J connectivity index is 0.00000306. The lowest BCUT2D eigenvalue weighted by Crippen LogP contribution is -2.40. The molecule has 7 nitrogen and oxygen atoms in total. The molecule has 0 spiro atoms. The highest BCUT2D eigenvalue weighted by Crippen LogP contribution is 2.31. The first-order valence-corrected chi connectivity index (χ1v) is 11.0. The van der Waals surface area contributed by atoms with E-state index in [0.29, 0.717) is 5.75 Å². The molecule has 1 heterocycles. The molecule has 2 atom stereocenters. The van der Waals surface area contributed by atoms with E-state index in [4.69, 9.17) is 9.47 Å².